The maximum absolute atomic E-state index is 13.2. The van der Waals surface area contributed by atoms with Crippen molar-refractivity contribution < 1.29 is 19.0 Å². The Kier molecular flexibility index (Phi) is 5.34. The maximum atomic E-state index is 13.2. The fourth-order valence-corrected chi connectivity index (χ4v) is 4.09. The van der Waals surface area contributed by atoms with Crippen LogP contribution in [0, 0.1) is 0 Å². The molecule has 0 radical (unpaired) electrons. The monoisotopic (exact) mass is 394 g/mol. The second kappa shape index (κ2) is 8.07. The summed E-state index contributed by atoms with van der Waals surface area (Å²) in [5.41, 5.74) is 2.82. The van der Waals surface area contributed by atoms with Crippen molar-refractivity contribution >= 4 is 16.8 Å². The van der Waals surface area contributed by atoms with E-state index < -0.39 is 0 Å². The second-order valence-electron chi connectivity index (χ2n) is 7.28. The minimum absolute atomic E-state index is 0.0425. The first-order chi connectivity index (χ1) is 14.1. The lowest BCUT2D eigenvalue weighted by molar-refractivity contribution is 0.0705. The molecule has 6 nitrogen and oxygen atoms in total. The number of amides is 1. The zero-order valence-electron chi connectivity index (χ0n) is 17.0. The fraction of sp³-hybridized carbons (Fsp3) is 0.348. The van der Waals surface area contributed by atoms with Gasteiger partial charge < -0.3 is 24.1 Å². The topological polar surface area (TPSA) is 63.8 Å². The molecule has 0 bridgehead atoms. The Morgan fingerprint density at radius 3 is 2.28 bits per heavy atom. The molecule has 0 unspecified atom stereocenters. The van der Waals surface area contributed by atoms with Crippen LogP contribution in [0.15, 0.2) is 42.5 Å². The first kappa shape index (κ1) is 19.2. The minimum atomic E-state index is -0.0425. The van der Waals surface area contributed by atoms with Gasteiger partial charge in [0.1, 0.15) is 22.8 Å². The Labute approximate surface area is 170 Å². The number of piperidine rings is 1. The van der Waals surface area contributed by atoms with E-state index in [0.717, 1.165) is 29.5 Å². The van der Waals surface area contributed by atoms with Gasteiger partial charge in [-0.3, -0.25) is 4.79 Å². The van der Waals surface area contributed by atoms with Gasteiger partial charge in [-0.25, -0.2) is 0 Å². The van der Waals surface area contributed by atoms with Gasteiger partial charge in [-0.05, 0) is 49.2 Å². The number of fused-ring (bicyclic) bond motifs is 1. The highest BCUT2D eigenvalue weighted by atomic mass is 16.5. The summed E-state index contributed by atoms with van der Waals surface area (Å²) in [5, 5.41) is 1.15. The summed E-state index contributed by atoms with van der Waals surface area (Å²) in [4.78, 5) is 18.6. The molecule has 0 spiro atoms. The molecule has 1 aromatic heterocycles. The third kappa shape index (κ3) is 3.62. The Morgan fingerprint density at radius 2 is 1.66 bits per heavy atom. The number of aromatic amines is 1. The van der Waals surface area contributed by atoms with Gasteiger partial charge in [0.05, 0.1) is 21.3 Å². The molecule has 0 atom stereocenters. The van der Waals surface area contributed by atoms with Crippen LogP contribution in [0.25, 0.3) is 10.9 Å². The number of hydrogen-bond donors (Lipinski definition) is 1. The van der Waals surface area contributed by atoms with E-state index in [1.165, 1.54) is 5.69 Å². The van der Waals surface area contributed by atoms with E-state index in [2.05, 4.69) is 11.1 Å². The van der Waals surface area contributed by atoms with Crippen molar-refractivity contribution in [3.8, 4) is 17.2 Å². The molecule has 1 fully saturated rings. The smallest absolute Gasteiger partial charge is 0.261 e. The molecule has 1 aliphatic rings. The minimum Gasteiger partial charge on any atom is -0.497 e. The van der Waals surface area contributed by atoms with Crippen LogP contribution < -0.4 is 14.2 Å². The second-order valence-corrected chi connectivity index (χ2v) is 7.28. The van der Waals surface area contributed by atoms with Crippen molar-refractivity contribution in [2.45, 2.75) is 18.8 Å². The van der Waals surface area contributed by atoms with Crippen molar-refractivity contribution in [1.29, 1.82) is 0 Å². The predicted molar refractivity (Wildman–Crippen MR) is 112 cm³/mol. The van der Waals surface area contributed by atoms with E-state index in [-0.39, 0.29) is 5.91 Å². The van der Waals surface area contributed by atoms with Gasteiger partial charge in [0.15, 0.2) is 0 Å². The third-order valence-electron chi connectivity index (χ3n) is 5.71. The quantitative estimate of drug-likeness (QED) is 0.704. The third-order valence-corrected chi connectivity index (χ3v) is 5.71. The van der Waals surface area contributed by atoms with E-state index in [9.17, 15) is 4.79 Å². The van der Waals surface area contributed by atoms with Crippen LogP contribution in [0.5, 0.6) is 17.2 Å². The molecule has 6 heteroatoms. The molecule has 1 aliphatic heterocycles. The Hall–Kier alpha value is -3.15. The predicted octanol–water partition coefficient (Wildman–Crippen LogP) is 4.21. The molecule has 1 saturated heterocycles. The van der Waals surface area contributed by atoms with Gasteiger partial charge in [0.2, 0.25) is 0 Å². The van der Waals surface area contributed by atoms with Crippen molar-refractivity contribution in [1.82, 2.24) is 9.88 Å². The average molecular weight is 394 g/mol. The van der Waals surface area contributed by atoms with E-state index in [0.29, 0.717) is 36.1 Å². The molecule has 3 aromatic rings. The van der Waals surface area contributed by atoms with Crippen LogP contribution >= 0.6 is 0 Å². The molecule has 2 aromatic carbocycles. The Morgan fingerprint density at radius 1 is 0.966 bits per heavy atom. The Bertz CT molecular complexity index is 997. The SMILES string of the molecule is COc1ccc2[nH]c(C3CCN(C(=O)c4c(OC)cccc4OC)CC3)cc2c1. The number of nitrogens with one attached hydrogen (secondary N) is 1. The van der Waals surface area contributed by atoms with Crippen LogP contribution in [-0.2, 0) is 0 Å². The van der Waals surface area contributed by atoms with E-state index >= 15 is 0 Å². The molecule has 2 heterocycles. The lowest BCUT2D eigenvalue weighted by Gasteiger charge is -2.32. The maximum Gasteiger partial charge on any atom is 0.261 e. The summed E-state index contributed by atoms with van der Waals surface area (Å²) in [7, 11) is 4.82. The fourth-order valence-electron chi connectivity index (χ4n) is 4.09. The van der Waals surface area contributed by atoms with Crippen LogP contribution in [0.3, 0.4) is 0 Å². The molecule has 152 valence electrons. The number of nitrogens with zero attached hydrogens (tertiary/aromatic N) is 1. The summed E-state index contributed by atoms with van der Waals surface area (Å²) in [6, 6.07) is 13.7. The molecular weight excluding hydrogens is 368 g/mol. The lowest BCUT2D eigenvalue weighted by Crippen LogP contribution is -2.38. The summed E-state index contributed by atoms with van der Waals surface area (Å²) < 4.78 is 16.1. The van der Waals surface area contributed by atoms with E-state index in [4.69, 9.17) is 14.2 Å². The number of carbonyl (C=O) groups excluding carboxylic acids is 1. The molecule has 1 N–H and O–H groups in total. The highest BCUT2D eigenvalue weighted by molar-refractivity contribution is 5.99. The molecular formula is C23H26N2O4. The van der Waals surface area contributed by atoms with Crippen molar-refractivity contribution in [2.75, 3.05) is 34.4 Å². The zero-order valence-corrected chi connectivity index (χ0v) is 17.0. The van der Waals surface area contributed by atoms with Crippen LogP contribution in [0.4, 0.5) is 0 Å². The normalized spacial score (nSPS) is 14.8. The summed E-state index contributed by atoms with van der Waals surface area (Å²) in [6.07, 6.45) is 1.82. The van der Waals surface area contributed by atoms with E-state index in [1.807, 2.05) is 29.2 Å². The van der Waals surface area contributed by atoms with Gasteiger partial charge in [-0.15, -0.1) is 0 Å². The summed E-state index contributed by atoms with van der Waals surface area (Å²) >= 11 is 0. The Balaban J connectivity index is 1.49. The largest absolute Gasteiger partial charge is 0.497 e. The average Bonchev–Trinajstić information content (AvgIpc) is 3.21. The molecule has 1 amide bonds. The van der Waals surface area contributed by atoms with Crippen molar-refractivity contribution in [3.05, 3.63) is 53.7 Å². The van der Waals surface area contributed by atoms with Crippen LogP contribution in [-0.4, -0.2) is 50.2 Å². The van der Waals surface area contributed by atoms with Crippen molar-refractivity contribution in [3.63, 3.8) is 0 Å². The zero-order chi connectivity index (χ0) is 20.4. The number of hydrogen-bond acceptors (Lipinski definition) is 4. The van der Waals surface area contributed by atoms with Gasteiger partial charge in [-0.1, -0.05) is 6.07 Å². The van der Waals surface area contributed by atoms with Crippen molar-refractivity contribution in [2.24, 2.45) is 0 Å². The number of carbonyl (C=O) groups is 1. The highest BCUT2D eigenvalue weighted by Gasteiger charge is 2.29. The lowest BCUT2D eigenvalue weighted by atomic mass is 9.93. The number of methoxy groups -OCH3 is 3. The van der Waals surface area contributed by atoms with Gasteiger partial charge >= 0.3 is 0 Å². The van der Waals surface area contributed by atoms with Crippen LogP contribution in [0.1, 0.15) is 34.8 Å². The number of benzene rings is 2. The molecule has 0 saturated carbocycles. The van der Waals surface area contributed by atoms with E-state index in [1.54, 1.807) is 33.5 Å². The van der Waals surface area contributed by atoms with Gasteiger partial charge in [0.25, 0.3) is 5.91 Å². The van der Waals surface area contributed by atoms with Gasteiger partial charge in [-0.2, -0.15) is 0 Å². The number of aromatic nitrogens is 1. The van der Waals surface area contributed by atoms with Crippen LogP contribution in [0.2, 0.25) is 0 Å². The molecule has 0 aliphatic carbocycles. The molecule has 4 rings (SSSR count). The first-order valence-corrected chi connectivity index (χ1v) is 9.81. The van der Waals surface area contributed by atoms with Gasteiger partial charge in [0, 0.05) is 35.6 Å². The number of ether oxygens (including phenoxy) is 3. The summed E-state index contributed by atoms with van der Waals surface area (Å²) in [5.74, 6) is 2.30. The number of rotatable bonds is 5. The highest BCUT2D eigenvalue weighted by Crippen LogP contribution is 2.34. The number of H-pyrrole nitrogens is 1. The first-order valence-electron chi connectivity index (χ1n) is 9.81. The molecule has 29 heavy (non-hydrogen) atoms. The standard InChI is InChI=1S/C23H26N2O4/c1-27-17-7-8-18-16(13-17)14-19(24-18)15-9-11-25(12-10-15)23(26)22-20(28-2)5-4-6-21(22)29-3/h4-8,13-15,24H,9-12H2,1-3H3. The number of likely N-dealkylation sites (tertiary alicyclic amines) is 1. The summed E-state index contributed by atoms with van der Waals surface area (Å²) in [6.45, 7) is 1.40.